The van der Waals surface area contributed by atoms with E-state index in [9.17, 15) is 0 Å². The van der Waals surface area contributed by atoms with Gasteiger partial charge in [0, 0.05) is 68.3 Å². The van der Waals surface area contributed by atoms with Crippen LogP contribution in [-0.2, 0) is 6.54 Å². The molecule has 1 fully saturated rings. The van der Waals surface area contributed by atoms with Crippen molar-refractivity contribution >= 4 is 28.4 Å². The summed E-state index contributed by atoms with van der Waals surface area (Å²) in [6.07, 6.45) is 6.92. The van der Waals surface area contributed by atoms with Gasteiger partial charge in [-0.3, -0.25) is 4.98 Å². The van der Waals surface area contributed by atoms with Crippen molar-refractivity contribution < 1.29 is 0 Å². The standard InChI is InChI=1S/C25H29N7/c1-3-13-32-17-21(23-24(32)18(2)7-9-27-23)22-8-10-28-25(30-22)29-19-5-4-6-20(16-19)31-14-11-26-12-15-31/h4-10,16-17,26H,3,11-15H2,1-2H3,(H,28,29,30). The normalized spacial score (nSPS) is 14.1. The van der Waals surface area contributed by atoms with E-state index in [0.717, 1.165) is 61.6 Å². The molecule has 0 unspecified atom stereocenters. The monoisotopic (exact) mass is 427 g/mol. The predicted octanol–water partition coefficient (Wildman–Crippen LogP) is 4.36. The van der Waals surface area contributed by atoms with Crippen LogP contribution in [0.5, 0.6) is 0 Å². The molecule has 0 aliphatic carbocycles. The van der Waals surface area contributed by atoms with Crippen LogP contribution in [-0.4, -0.2) is 45.7 Å². The van der Waals surface area contributed by atoms with E-state index in [4.69, 9.17) is 4.98 Å². The Morgan fingerprint density at radius 1 is 1.06 bits per heavy atom. The quantitative estimate of drug-likeness (QED) is 0.476. The molecule has 32 heavy (non-hydrogen) atoms. The molecule has 0 radical (unpaired) electrons. The third kappa shape index (κ3) is 4.03. The Balaban J connectivity index is 1.46. The van der Waals surface area contributed by atoms with Gasteiger partial charge in [0.25, 0.3) is 0 Å². The molecule has 2 N–H and O–H groups in total. The maximum absolute atomic E-state index is 4.83. The zero-order valence-corrected chi connectivity index (χ0v) is 18.7. The summed E-state index contributed by atoms with van der Waals surface area (Å²) in [5.41, 5.74) is 7.52. The maximum Gasteiger partial charge on any atom is 0.227 e. The fraction of sp³-hybridized carbons (Fsp3) is 0.320. The van der Waals surface area contributed by atoms with Crippen LogP contribution in [0.3, 0.4) is 0 Å². The number of benzene rings is 1. The molecule has 4 aromatic rings. The van der Waals surface area contributed by atoms with Crippen molar-refractivity contribution in [2.24, 2.45) is 0 Å². The average molecular weight is 428 g/mol. The fourth-order valence-electron chi connectivity index (χ4n) is 4.40. The summed E-state index contributed by atoms with van der Waals surface area (Å²) in [4.78, 5) is 16.4. The molecule has 1 saturated heterocycles. The minimum Gasteiger partial charge on any atom is -0.369 e. The highest BCUT2D eigenvalue weighted by Crippen LogP contribution is 2.31. The molecule has 0 bridgehead atoms. The first-order chi connectivity index (χ1) is 15.7. The molecule has 0 spiro atoms. The first-order valence-electron chi connectivity index (χ1n) is 11.3. The number of fused-ring (bicyclic) bond motifs is 1. The molecule has 5 rings (SSSR count). The van der Waals surface area contributed by atoms with E-state index < -0.39 is 0 Å². The number of aryl methyl sites for hydroxylation is 2. The van der Waals surface area contributed by atoms with Crippen molar-refractivity contribution in [1.82, 2.24) is 24.8 Å². The van der Waals surface area contributed by atoms with Crippen LogP contribution in [0.15, 0.2) is 55.0 Å². The van der Waals surface area contributed by atoms with Gasteiger partial charge in [0.15, 0.2) is 0 Å². The van der Waals surface area contributed by atoms with Gasteiger partial charge in [0.2, 0.25) is 5.95 Å². The first kappa shape index (κ1) is 20.5. The summed E-state index contributed by atoms with van der Waals surface area (Å²) in [6, 6.07) is 12.5. The second-order valence-corrected chi connectivity index (χ2v) is 8.24. The van der Waals surface area contributed by atoms with Crippen molar-refractivity contribution in [1.29, 1.82) is 0 Å². The van der Waals surface area contributed by atoms with E-state index in [1.807, 2.05) is 18.5 Å². The van der Waals surface area contributed by atoms with Gasteiger partial charge in [-0.15, -0.1) is 0 Å². The first-order valence-corrected chi connectivity index (χ1v) is 11.3. The molecule has 3 aromatic heterocycles. The third-order valence-electron chi connectivity index (χ3n) is 5.93. The van der Waals surface area contributed by atoms with Gasteiger partial charge in [-0.2, -0.15) is 0 Å². The van der Waals surface area contributed by atoms with Crippen LogP contribution < -0.4 is 15.5 Å². The summed E-state index contributed by atoms with van der Waals surface area (Å²) >= 11 is 0. The van der Waals surface area contributed by atoms with E-state index >= 15 is 0 Å². The Morgan fingerprint density at radius 2 is 1.91 bits per heavy atom. The van der Waals surface area contributed by atoms with Crippen LogP contribution in [0.1, 0.15) is 18.9 Å². The Kier molecular flexibility index (Phi) is 5.73. The van der Waals surface area contributed by atoms with Crippen molar-refractivity contribution in [3.05, 3.63) is 60.6 Å². The van der Waals surface area contributed by atoms with Crippen molar-refractivity contribution in [2.45, 2.75) is 26.8 Å². The molecule has 4 heterocycles. The molecule has 1 aliphatic rings. The predicted molar refractivity (Wildman–Crippen MR) is 131 cm³/mol. The highest BCUT2D eigenvalue weighted by atomic mass is 15.2. The fourth-order valence-corrected chi connectivity index (χ4v) is 4.40. The Bertz CT molecular complexity index is 1220. The summed E-state index contributed by atoms with van der Waals surface area (Å²) in [5.74, 6) is 0.587. The summed E-state index contributed by atoms with van der Waals surface area (Å²) in [5, 5.41) is 6.80. The van der Waals surface area contributed by atoms with Gasteiger partial charge >= 0.3 is 0 Å². The van der Waals surface area contributed by atoms with Crippen LogP contribution in [0.25, 0.3) is 22.3 Å². The van der Waals surface area contributed by atoms with E-state index in [0.29, 0.717) is 5.95 Å². The molecule has 0 amide bonds. The number of aromatic nitrogens is 4. The van der Waals surface area contributed by atoms with Gasteiger partial charge in [0.05, 0.1) is 16.7 Å². The highest BCUT2D eigenvalue weighted by molar-refractivity contribution is 5.93. The average Bonchev–Trinajstić information content (AvgIpc) is 3.20. The topological polar surface area (TPSA) is 70.9 Å². The van der Waals surface area contributed by atoms with Crippen LogP contribution >= 0.6 is 0 Å². The third-order valence-corrected chi connectivity index (χ3v) is 5.93. The molecule has 0 atom stereocenters. The lowest BCUT2D eigenvalue weighted by Gasteiger charge is -2.29. The number of nitrogens with zero attached hydrogens (tertiary/aromatic N) is 5. The zero-order valence-electron chi connectivity index (χ0n) is 18.7. The van der Waals surface area contributed by atoms with Crippen LogP contribution in [0.4, 0.5) is 17.3 Å². The molecule has 7 nitrogen and oxygen atoms in total. The minimum absolute atomic E-state index is 0.587. The summed E-state index contributed by atoms with van der Waals surface area (Å²) in [7, 11) is 0. The zero-order chi connectivity index (χ0) is 21.9. The molecular weight excluding hydrogens is 398 g/mol. The number of nitrogens with one attached hydrogen (secondary N) is 2. The lowest BCUT2D eigenvalue weighted by Crippen LogP contribution is -2.43. The van der Waals surface area contributed by atoms with E-state index in [1.165, 1.54) is 16.8 Å². The number of pyridine rings is 1. The lowest BCUT2D eigenvalue weighted by molar-refractivity contribution is 0.589. The molecule has 1 aromatic carbocycles. The second-order valence-electron chi connectivity index (χ2n) is 8.24. The largest absolute Gasteiger partial charge is 0.369 e. The second kappa shape index (κ2) is 8.96. The molecule has 7 heteroatoms. The SMILES string of the molecule is CCCn1cc(-c2ccnc(Nc3cccc(N4CCNCC4)c3)n2)c2nccc(C)c21. The van der Waals surface area contributed by atoms with Gasteiger partial charge < -0.3 is 20.1 Å². The van der Waals surface area contributed by atoms with Crippen molar-refractivity contribution in [3.63, 3.8) is 0 Å². The van der Waals surface area contributed by atoms with Crippen LogP contribution in [0, 0.1) is 6.92 Å². The molecule has 164 valence electrons. The summed E-state index contributed by atoms with van der Waals surface area (Å²) < 4.78 is 2.29. The lowest BCUT2D eigenvalue weighted by atomic mass is 10.1. The van der Waals surface area contributed by atoms with Gasteiger partial charge in [0.1, 0.15) is 0 Å². The molecule has 1 aliphatic heterocycles. The minimum atomic E-state index is 0.587. The highest BCUT2D eigenvalue weighted by Gasteiger charge is 2.15. The van der Waals surface area contributed by atoms with Crippen molar-refractivity contribution in [2.75, 3.05) is 36.4 Å². The van der Waals surface area contributed by atoms with E-state index in [2.05, 4.69) is 80.4 Å². The van der Waals surface area contributed by atoms with Gasteiger partial charge in [-0.05, 0) is 49.2 Å². The Labute approximate surface area is 188 Å². The molecular formula is C25H29N7. The van der Waals surface area contributed by atoms with Crippen LogP contribution in [0.2, 0.25) is 0 Å². The number of piperazine rings is 1. The number of hydrogen-bond acceptors (Lipinski definition) is 6. The van der Waals surface area contributed by atoms with Gasteiger partial charge in [-0.1, -0.05) is 13.0 Å². The smallest absolute Gasteiger partial charge is 0.227 e. The Morgan fingerprint density at radius 3 is 2.75 bits per heavy atom. The Hall–Kier alpha value is -3.45. The maximum atomic E-state index is 4.83. The number of hydrogen-bond donors (Lipinski definition) is 2. The van der Waals surface area contributed by atoms with E-state index in [-0.39, 0.29) is 0 Å². The van der Waals surface area contributed by atoms with Crippen molar-refractivity contribution in [3.8, 4) is 11.3 Å². The van der Waals surface area contributed by atoms with Gasteiger partial charge in [-0.25, -0.2) is 9.97 Å². The number of rotatable bonds is 6. The number of anilines is 3. The van der Waals surface area contributed by atoms with E-state index in [1.54, 1.807) is 0 Å². The summed E-state index contributed by atoms with van der Waals surface area (Å²) in [6.45, 7) is 9.35. The molecule has 0 saturated carbocycles.